The van der Waals surface area contributed by atoms with Crippen LogP contribution in [0.4, 0.5) is 0 Å². The molecule has 2 atom stereocenters. The molecule has 0 radical (unpaired) electrons. The zero-order valence-electron chi connectivity index (χ0n) is 17.4. The fourth-order valence-electron chi connectivity index (χ4n) is 3.84. The van der Waals surface area contributed by atoms with Gasteiger partial charge in [0.05, 0.1) is 0 Å². The Hall–Kier alpha value is -1.06. The van der Waals surface area contributed by atoms with E-state index in [0.29, 0.717) is 12.1 Å². The van der Waals surface area contributed by atoms with Crippen molar-refractivity contribution in [1.29, 1.82) is 0 Å². The number of hydrogen-bond donors (Lipinski definition) is 2. The molecule has 0 spiro atoms. The van der Waals surface area contributed by atoms with Crippen molar-refractivity contribution in [3.05, 3.63) is 71.3 Å². The minimum absolute atomic E-state index is 0. The Balaban J connectivity index is 0.00000196. The van der Waals surface area contributed by atoms with E-state index in [9.17, 15) is 0 Å². The number of halogens is 2. The first-order valence-electron chi connectivity index (χ1n) is 10.1. The minimum Gasteiger partial charge on any atom is -0.308 e. The molecule has 3 rings (SSSR count). The highest BCUT2D eigenvalue weighted by Crippen LogP contribution is 2.23. The van der Waals surface area contributed by atoms with Crippen LogP contribution in [0.5, 0.6) is 0 Å². The number of benzene rings is 2. The van der Waals surface area contributed by atoms with Gasteiger partial charge in [0.25, 0.3) is 0 Å². The van der Waals surface area contributed by atoms with E-state index >= 15 is 0 Å². The fraction of sp³-hybridized carbons (Fsp3) is 0.500. The number of nitrogens with one attached hydrogen (secondary N) is 2. The van der Waals surface area contributed by atoms with Crippen LogP contribution in [-0.4, -0.2) is 12.1 Å². The molecule has 1 aliphatic carbocycles. The summed E-state index contributed by atoms with van der Waals surface area (Å²) in [6, 6.07) is 21.0. The Labute approximate surface area is 183 Å². The third kappa shape index (κ3) is 7.40. The van der Waals surface area contributed by atoms with Gasteiger partial charge in [0.2, 0.25) is 0 Å². The second-order valence-corrected chi connectivity index (χ2v) is 8.69. The molecular formula is C24H36Cl2N2. The lowest BCUT2D eigenvalue weighted by Gasteiger charge is -2.33. The molecule has 28 heavy (non-hydrogen) atoms. The van der Waals surface area contributed by atoms with E-state index in [1.165, 1.54) is 42.4 Å². The van der Waals surface area contributed by atoms with Gasteiger partial charge in [-0.05, 0) is 34.9 Å². The van der Waals surface area contributed by atoms with Crippen LogP contribution >= 0.6 is 24.8 Å². The van der Waals surface area contributed by atoms with E-state index in [1.54, 1.807) is 0 Å². The predicted molar refractivity (Wildman–Crippen MR) is 126 cm³/mol. The molecule has 1 saturated carbocycles. The van der Waals surface area contributed by atoms with Gasteiger partial charge in [0.1, 0.15) is 0 Å². The smallest absolute Gasteiger partial charge is 0.0224 e. The van der Waals surface area contributed by atoms with E-state index in [4.69, 9.17) is 0 Å². The Kier molecular flexibility index (Phi) is 10.5. The average molecular weight is 423 g/mol. The van der Waals surface area contributed by atoms with Crippen LogP contribution in [-0.2, 0) is 18.5 Å². The van der Waals surface area contributed by atoms with Crippen molar-refractivity contribution in [3.63, 3.8) is 0 Å². The third-order valence-corrected chi connectivity index (χ3v) is 5.57. The molecule has 0 amide bonds. The van der Waals surface area contributed by atoms with Gasteiger partial charge >= 0.3 is 0 Å². The minimum atomic E-state index is 0. The van der Waals surface area contributed by atoms with Crippen LogP contribution in [0, 0.1) is 0 Å². The van der Waals surface area contributed by atoms with E-state index in [-0.39, 0.29) is 30.2 Å². The van der Waals surface area contributed by atoms with Crippen molar-refractivity contribution < 1.29 is 0 Å². The Morgan fingerprint density at radius 1 is 0.714 bits per heavy atom. The van der Waals surface area contributed by atoms with Crippen molar-refractivity contribution in [2.45, 2.75) is 77.0 Å². The summed E-state index contributed by atoms with van der Waals surface area (Å²) in [5.74, 6) is 0. The average Bonchev–Trinajstić information content (AvgIpc) is 2.66. The van der Waals surface area contributed by atoms with Gasteiger partial charge < -0.3 is 10.6 Å². The van der Waals surface area contributed by atoms with Gasteiger partial charge in [-0.1, -0.05) is 88.2 Å². The zero-order valence-corrected chi connectivity index (χ0v) is 19.0. The van der Waals surface area contributed by atoms with Crippen LogP contribution in [0.15, 0.2) is 54.6 Å². The lowest BCUT2D eigenvalue weighted by Crippen LogP contribution is -2.49. The highest BCUT2D eigenvalue weighted by Gasteiger charge is 2.24. The maximum atomic E-state index is 3.82. The number of hydrogen-bond acceptors (Lipinski definition) is 2. The molecule has 2 N–H and O–H groups in total. The van der Waals surface area contributed by atoms with Crippen LogP contribution in [0.25, 0.3) is 0 Å². The summed E-state index contributed by atoms with van der Waals surface area (Å²) < 4.78 is 0. The van der Waals surface area contributed by atoms with Gasteiger partial charge in [-0.3, -0.25) is 0 Å². The largest absolute Gasteiger partial charge is 0.308 e. The zero-order chi connectivity index (χ0) is 18.4. The first-order chi connectivity index (χ1) is 12.5. The molecule has 1 fully saturated rings. The molecule has 4 heteroatoms. The lowest BCUT2D eigenvalue weighted by molar-refractivity contribution is 0.281. The molecule has 1 aliphatic rings. The van der Waals surface area contributed by atoms with Crippen molar-refractivity contribution in [2.75, 3.05) is 0 Å². The lowest BCUT2D eigenvalue weighted by atomic mass is 9.86. The monoisotopic (exact) mass is 422 g/mol. The third-order valence-electron chi connectivity index (χ3n) is 5.57. The first-order valence-corrected chi connectivity index (χ1v) is 10.1. The maximum Gasteiger partial charge on any atom is 0.0224 e. The van der Waals surface area contributed by atoms with E-state index < -0.39 is 0 Å². The van der Waals surface area contributed by atoms with Crippen molar-refractivity contribution in [2.24, 2.45) is 0 Å². The molecule has 0 aliphatic heterocycles. The van der Waals surface area contributed by atoms with E-state index in [2.05, 4.69) is 86.0 Å². The van der Waals surface area contributed by atoms with Crippen LogP contribution in [0.1, 0.15) is 63.1 Å². The molecule has 0 heterocycles. The van der Waals surface area contributed by atoms with Crippen LogP contribution in [0.3, 0.4) is 0 Å². The summed E-state index contributed by atoms with van der Waals surface area (Å²) in [7, 11) is 0. The first kappa shape index (κ1) is 25.0. The summed E-state index contributed by atoms with van der Waals surface area (Å²) in [4.78, 5) is 0. The summed E-state index contributed by atoms with van der Waals surface area (Å²) in [5.41, 5.74) is 4.38. The van der Waals surface area contributed by atoms with Gasteiger partial charge in [0.15, 0.2) is 0 Å². The Morgan fingerprint density at radius 2 is 1.18 bits per heavy atom. The summed E-state index contributed by atoms with van der Waals surface area (Å²) in [6.45, 7) is 8.73. The molecule has 2 aromatic carbocycles. The molecule has 2 unspecified atom stereocenters. The predicted octanol–water partition coefficient (Wildman–Crippen LogP) is 6.02. The molecule has 0 bridgehead atoms. The van der Waals surface area contributed by atoms with E-state index in [1.807, 2.05) is 0 Å². The Bertz CT molecular complexity index is 665. The molecule has 0 aromatic heterocycles. The summed E-state index contributed by atoms with van der Waals surface area (Å²) >= 11 is 0. The molecule has 2 nitrogen and oxygen atoms in total. The molecular weight excluding hydrogens is 387 g/mol. The van der Waals surface area contributed by atoms with Crippen molar-refractivity contribution in [1.82, 2.24) is 10.6 Å². The molecule has 2 aromatic rings. The topological polar surface area (TPSA) is 24.1 Å². The van der Waals surface area contributed by atoms with Crippen molar-refractivity contribution in [3.8, 4) is 0 Å². The fourth-order valence-corrected chi connectivity index (χ4v) is 3.84. The van der Waals surface area contributed by atoms with Gasteiger partial charge in [-0.25, -0.2) is 0 Å². The standard InChI is InChI=1S/C24H34N2.2ClH/c1-24(2,3)21-15-13-20(14-16-21)18-26-23-12-8-7-11-22(23)25-17-19-9-5-4-6-10-19;;/h4-6,9-10,13-16,22-23,25-26H,7-8,11-12,17-18H2,1-3H3;2*1H. The molecule has 0 saturated heterocycles. The normalized spacial score (nSPS) is 19.4. The van der Waals surface area contributed by atoms with Crippen LogP contribution in [0.2, 0.25) is 0 Å². The highest BCUT2D eigenvalue weighted by atomic mass is 35.5. The second-order valence-electron chi connectivity index (χ2n) is 8.69. The van der Waals surface area contributed by atoms with Crippen molar-refractivity contribution >= 4 is 24.8 Å². The Morgan fingerprint density at radius 3 is 1.64 bits per heavy atom. The maximum absolute atomic E-state index is 3.82. The summed E-state index contributed by atoms with van der Waals surface area (Å²) in [6.07, 6.45) is 5.22. The van der Waals surface area contributed by atoms with Gasteiger partial charge in [-0.2, -0.15) is 0 Å². The highest BCUT2D eigenvalue weighted by molar-refractivity contribution is 5.85. The summed E-state index contributed by atoms with van der Waals surface area (Å²) in [5, 5.41) is 7.61. The number of rotatable bonds is 6. The quantitative estimate of drug-likeness (QED) is 0.594. The SMILES string of the molecule is CC(C)(C)c1ccc(CNC2CCCCC2NCc2ccccc2)cc1.Cl.Cl. The van der Waals surface area contributed by atoms with Gasteiger partial charge in [0, 0.05) is 25.2 Å². The van der Waals surface area contributed by atoms with Crippen LogP contribution < -0.4 is 10.6 Å². The van der Waals surface area contributed by atoms with Gasteiger partial charge in [-0.15, -0.1) is 24.8 Å². The second kappa shape index (κ2) is 11.8. The van der Waals surface area contributed by atoms with E-state index in [0.717, 1.165) is 13.1 Å². The molecule has 156 valence electrons.